The van der Waals surface area contributed by atoms with Crippen LogP contribution in [0.15, 0.2) is 48.5 Å². The van der Waals surface area contributed by atoms with Crippen molar-refractivity contribution >= 4 is 11.9 Å². The van der Waals surface area contributed by atoms with Gasteiger partial charge in [-0.2, -0.15) is 0 Å². The second kappa shape index (κ2) is 8.03. The number of hydrogen-bond donors (Lipinski definition) is 1. The molecule has 0 saturated carbocycles. The van der Waals surface area contributed by atoms with Crippen LogP contribution in [0, 0.1) is 0 Å². The molecule has 0 aliphatic carbocycles. The number of ether oxygens (including phenoxy) is 2. The second-order valence-corrected chi connectivity index (χ2v) is 4.79. The average Bonchev–Trinajstić information content (AvgIpc) is 2.54. The molecule has 0 amide bonds. The van der Waals surface area contributed by atoms with Crippen molar-refractivity contribution in [1.29, 1.82) is 0 Å². The van der Waals surface area contributed by atoms with E-state index >= 15 is 0 Å². The molecule has 0 unspecified atom stereocenters. The zero-order chi connectivity index (χ0) is 16.7. The number of phenolic OH excluding ortho intramolecular Hbond substituents is 1. The van der Waals surface area contributed by atoms with Gasteiger partial charge in [0.2, 0.25) is 0 Å². The molecular weight excluding hydrogens is 292 g/mol. The number of allylic oxidation sites excluding steroid dienone is 1. The van der Waals surface area contributed by atoms with E-state index in [2.05, 4.69) is 0 Å². The lowest BCUT2D eigenvalue weighted by atomic mass is 10.1. The fraction of sp³-hybridized carbons (Fsp3) is 0.211. The van der Waals surface area contributed by atoms with Gasteiger partial charge in [-0.05, 0) is 25.5 Å². The molecule has 0 radical (unpaired) electrons. The molecular formula is C19H20O4. The van der Waals surface area contributed by atoms with Crippen molar-refractivity contribution in [3.63, 3.8) is 0 Å². The summed E-state index contributed by atoms with van der Waals surface area (Å²) in [5.74, 6) is 0.315. The third-order valence-electron chi connectivity index (χ3n) is 3.14. The number of rotatable bonds is 7. The predicted molar refractivity (Wildman–Crippen MR) is 90.3 cm³/mol. The molecule has 0 aliphatic heterocycles. The van der Waals surface area contributed by atoms with Crippen molar-refractivity contribution in [2.24, 2.45) is 0 Å². The van der Waals surface area contributed by atoms with Crippen LogP contribution in [0.2, 0.25) is 0 Å². The zero-order valence-electron chi connectivity index (χ0n) is 13.3. The third-order valence-corrected chi connectivity index (χ3v) is 3.14. The van der Waals surface area contributed by atoms with Crippen molar-refractivity contribution in [3.05, 3.63) is 59.7 Å². The third kappa shape index (κ3) is 4.36. The highest BCUT2D eigenvalue weighted by Crippen LogP contribution is 2.34. The van der Waals surface area contributed by atoms with E-state index in [0.29, 0.717) is 24.7 Å². The molecule has 120 valence electrons. The highest BCUT2D eigenvalue weighted by molar-refractivity contribution is 6.10. The molecule has 0 spiro atoms. The minimum Gasteiger partial charge on any atom is -0.507 e. The second-order valence-electron chi connectivity index (χ2n) is 4.79. The summed E-state index contributed by atoms with van der Waals surface area (Å²) in [6.07, 6.45) is 3.13. The Morgan fingerprint density at radius 1 is 1.09 bits per heavy atom. The van der Waals surface area contributed by atoms with Gasteiger partial charge in [-0.1, -0.05) is 36.4 Å². The molecule has 23 heavy (non-hydrogen) atoms. The molecule has 0 fully saturated rings. The molecule has 0 aliphatic rings. The molecule has 0 heterocycles. The maximum absolute atomic E-state index is 12.4. The first kappa shape index (κ1) is 16.6. The van der Waals surface area contributed by atoms with E-state index in [9.17, 15) is 9.90 Å². The van der Waals surface area contributed by atoms with Crippen LogP contribution in [0.1, 0.15) is 29.8 Å². The first-order chi connectivity index (χ1) is 11.2. The lowest BCUT2D eigenvalue weighted by Gasteiger charge is -2.12. The monoisotopic (exact) mass is 312 g/mol. The number of ketones is 1. The normalized spacial score (nSPS) is 10.7. The molecule has 4 nitrogen and oxygen atoms in total. The Kier molecular flexibility index (Phi) is 5.80. The Morgan fingerprint density at radius 2 is 1.78 bits per heavy atom. The van der Waals surface area contributed by atoms with Crippen LogP contribution < -0.4 is 9.47 Å². The minimum absolute atomic E-state index is 0.141. The molecule has 0 atom stereocenters. The molecule has 2 aromatic carbocycles. The highest BCUT2D eigenvalue weighted by atomic mass is 16.5. The molecule has 0 aromatic heterocycles. The van der Waals surface area contributed by atoms with E-state index in [1.807, 2.05) is 44.2 Å². The van der Waals surface area contributed by atoms with Crippen molar-refractivity contribution in [2.75, 3.05) is 13.2 Å². The topological polar surface area (TPSA) is 55.8 Å². The Labute approximate surface area is 136 Å². The zero-order valence-corrected chi connectivity index (χ0v) is 13.3. The maximum Gasteiger partial charge on any atom is 0.193 e. The van der Waals surface area contributed by atoms with Gasteiger partial charge in [-0.3, -0.25) is 4.79 Å². The molecule has 2 rings (SSSR count). The first-order valence-electron chi connectivity index (χ1n) is 7.55. The van der Waals surface area contributed by atoms with Gasteiger partial charge in [0, 0.05) is 12.1 Å². The van der Waals surface area contributed by atoms with Crippen LogP contribution in [0.25, 0.3) is 6.08 Å². The van der Waals surface area contributed by atoms with Crippen molar-refractivity contribution < 1.29 is 19.4 Å². The van der Waals surface area contributed by atoms with E-state index < -0.39 is 0 Å². The summed E-state index contributed by atoms with van der Waals surface area (Å²) in [6, 6.07) is 12.5. The van der Waals surface area contributed by atoms with E-state index in [0.717, 1.165) is 5.56 Å². The van der Waals surface area contributed by atoms with Gasteiger partial charge in [0.1, 0.15) is 22.8 Å². The van der Waals surface area contributed by atoms with Gasteiger partial charge < -0.3 is 14.6 Å². The van der Waals surface area contributed by atoms with Gasteiger partial charge >= 0.3 is 0 Å². The summed E-state index contributed by atoms with van der Waals surface area (Å²) in [4.78, 5) is 12.4. The van der Waals surface area contributed by atoms with Crippen LogP contribution in [-0.4, -0.2) is 24.1 Å². The molecule has 2 aromatic rings. The Balaban J connectivity index is 2.33. The lowest BCUT2D eigenvalue weighted by molar-refractivity contribution is 0.104. The fourth-order valence-corrected chi connectivity index (χ4v) is 2.16. The van der Waals surface area contributed by atoms with Crippen LogP contribution in [0.4, 0.5) is 0 Å². The maximum atomic E-state index is 12.4. The van der Waals surface area contributed by atoms with Crippen LogP contribution in [0.3, 0.4) is 0 Å². The highest BCUT2D eigenvalue weighted by Gasteiger charge is 2.17. The summed E-state index contributed by atoms with van der Waals surface area (Å²) in [6.45, 7) is 4.52. The summed E-state index contributed by atoms with van der Waals surface area (Å²) in [7, 11) is 0. The van der Waals surface area contributed by atoms with Gasteiger partial charge in [0.25, 0.3) is 0 Å². The smallest absolute Gasteiger partial charge is 0.193 e. The van der Waals surface area contributed by atoms with Gasteiger partial charge in [-0.15, -0.1) is 0 Å². The largest absolute Gasteiger partial charge is 0.507 e. The quantitative estimate of drug-likeness (QED) is 0.618. The SMILES string of the molecule is CCOc1cc(O)c(C(=O)/C=C/c2ccccc2)c(OCC)c1. The first-order valence-corrected chi connectivity index (χ1v) is 7.55. The molecule has 0 saturated heterocycles. The van der Waals surface area contributed by atoms with Crippen molar-refractivity contribution in [2.45, 2.75) is 13.8 Å². The summed E-state index contributed by atoms with van der Waals surface area (Å²) in [5.41, 5.74) is 1.05. The van der Waals surface area contributed by atoms with Crippen LogP contribution in [-0.2, 0) is 0 Å². The van der Waals surface area contributed by atoms with E-state index in [-0.39, 0.29) is 17.1 Å². The van der Waals surface area contributed by atoms with Gasteiger partial charge in [0.15, 0.2) is 5.78 Å². The van der Waals surface area contributed by atoms with Crippen LogP contribution in [0.5, 0.6) is 17.2 Å². The number of benzene rings is 2. The Bertz CT molecular complexity index is 690. The minimum atomic E-state index is -0.321. The Morgan fingerprint density at radius 3 is 2.43 bits per heavy atom. The van der Waals surface area contributed by atoms with Crippen molar-refractivity contribution in [3.8, 4) is 17.2 Å². The molecule has 0 bridgehead atoms. The number of aromatic hydroxyl groups is 1. The van der Waals surface area contributed by atoms with E-state index in [1.165, 1.54) is 12.1 Å². The average molecular weight is 312 g/mol. The summed E-state index contributed by atoms with van der Waals surface area (Å²) in [5, 5.41) is 10.2. The predicted octanol–water partition coefficient (Wildman–Crippen LogP) is 4.09. The molecule has 1 N–H and O–H groups in total. The molecule has 4 heteroatoms. The Hall–Kier alpha value is -2.75. The summed E-state index contributed by atoms with van der Waals surface area (Å²) >= 11 is 0. The lowest BCUT2D eigenvalue weighted by Crippen LogP contribution is -2.03. The van der Waals surface area contributed by atoms with E-state index in [1.54, 1.807) is 12.1 Å². The number of hydrogen-bond acceptors (Lipinski definition) is 4. The number of phenols is 1. The fourth-order valence-electron chi connectivity index (χ4n) is 2.16. The van der Waals surface area contributed by atoms with Crippen molar-refractivity contribution in [1.82, 2.24) is 0 Å². The van der Waals surface area contributed by atoms with Gasteiger partial charge in [0.05, 0.1) is 13.2 Å². The standard InChI is InChI=1S/C19H20O4/c1-3-22-15-12-17(21)19(18(13-15)23-4-2)16(20)11-10-14-8-6-5-7-9-14/h5-13,21H,3-4H2,1-2H3/b11-10+. The number of carbonyl (C=O) groups is 1. The van der Waals surface area contributed by atoms with Crippen LogP contribution >= 0.6 is 0 Å². The summed E-state index contributed by atoms with van der Waals surface area (Å²) < 4.78 is 10.9. The van der Waals surface area contributed by atoms with E-state index in [4.69, 9.17) is 9.47 Å². The van der Waals surface area contributed by atoms with Gasteiger partial charge in [-0.25, -0.2) is 0 Å². The number of carbonyl (C=O) groups excluding carboxylic acids is 1.